The van der Waals surface area contributed by atoms with Gasteiger partial charge in [0.25, 0.3) is 0 Å². The molecule has 0 heterocycles. The molecule has 0 atom stereocenters. The smallest absolute Gasteiger partial charge is 0.0993 e. The fraction of sp³-hybridized carbons (Fsp3) is 0. The number of hydrogen-bond donors (Lipinski definition) is 0. The molecule has 26 valence electrons. The van der Waals surface area contributed by atoms with Crippen molar-refractivity contribution in [3.8, 4) is 12.3 Å². The summed E-state index contributed by atoms with van der Waals surface area (Å²) in [5, 5.41) is 0. The molecule has 0 aromatic heterocycles. The average molecular weight is 237 g/mol. The molecule has 0 aliphatic heterocycles. The van der Waals surface area contributed by atoms with Crippen LogP contribution in [0, 0.1) is 18.9 Å². The van der Waals surface area contributed by atoms with Crippen LogP contribution >= 0.6 is 0 Å². The van der Waals surface area contributed by atoms with Crippen LogP contribution in [0.1, 0.15) is 1.37 Å². The van der Waals surface area contributed by atoms with Gasteiger partial charge >= 0.3 is 0 Å². The summed E-state index contributed by atoms with van der Waals surface area (Å²) < 4.78 is 6.13. The molecule has 0 bridgehead atoms. The topological polar surface area (TPSA) is 0 Å². The Labute approximate surface area is 47.9 Å². The second-order valence-electron chi connectivity index (χ2n) is 0.311. The zero-order valence-corrected chi connectivity index (χ0v) is 5.50. The Hall–Kier alpha value is -0.0117. The van der Waals surface area contributed by atoms with E-state index in [-0.39, 0.29) is 21.1 Å². The van der Waals surface area contributed by atoms with E-state index in [1.165, 1.54) is 0 Å². The molecule has 0 aliphatic carbocycles. The van der Waals surface area contributed by atoms with Crippen LogP contribution in [-0.2, 0) is 21.1 Å². The van der Waals surface area contributed by atoms with E-state index in [0.717, 1.165) is 6.08 Å². The number of rotatable bonds is 0. The molecule has 1 heteroatoms. The first-order valence-corrected chi connectivity index (χ1v) is 0.872. The molecule has 0 radical (unpaired) electrons. The first kappa shape index (κ1) is 4.99. The molecule has 0 fully saturated rings. The molecule has 0 saturated carbocycles. The van der Waals surface area contributed by atoms with Gasteiger partial charge < -0.3 is 5.92 Å². The first-order valence-electron chi connectivity index (χ1n) is 1.37. The summed E-state index contributed by atoms with van der Waals surface area (Å²) in [5.41, 5.74) is 0. The Morgan fingerprint density at radius 1 is 2.20 bits per heavy atom. The Bertz CT molecular complexity index is 77.3. The summed E-state index contributed by atoms with van der Waals surface area (Å²) >= 11 is 0. The van der Waals surface area contributed by atoms with Gasteiger partial charge in [0.2, 0.25) is 0 Å². The van der Waals surface area contributed by atoms with Crippen molar-refractivity contribution in [1.29, 1.82) is 0 Å². The van der Waals surface area contributed by atoms with Crippen molar-refractivity contribution in [3.05, 3.63) is 12.7 Å². The van der Waals surface area contributed by atoms with Crippen LogP contribution in [0.15, 0.2) is 6.08 Å². The van der Waals surface area contributed by atoms with Gasteiger partial charge in [-0.1, -0.05) is 0 Å². The fourth-order valence-corrected chi connectivity index (χ4v) is 0. The van der Waals surface area contributed by atoms with Gasteiger partial charge in [-0.05, 0) is 0 Å². The van der Waals surface area contributed by atoms with E-state index >= 15 is 0 Å². The van der Waals surface area contributed by atoms with Crippen molar-refractivity contribution in [2.75, 3.05) is 0 Å². The van der Waals surface area contributed by atoms with Gasteiger partial charge in [0.15, 0.2) is 0 Å². The minimum atomic E-state index is 0. The van der Waals surface area contributed by atoms with Crippen LogP contribution < -0.4 is 0 Å². The second kappa shape index (κ2) is 9.01. The van der Waals surface area contributed by atoms with Gasteiger partial charge in [-0.3, -0.25) is 6.58 Å². The van der Waals surface area contributed by atoms with E-state index in [1.807, 2.05) is 6.40 Å². The van der Waals surface area contributed by atoms with E-state index in [1.54, 1.807) is 0 Å². The molecule has 0 unspecified atom stereocenters. The zero-order chi connectivity index (χ0) is 4.12. The maximum Gasteiger partial charge on any atom is 0.0993 e. The van der Waals surface area contributed by atoms with Crippen molar-refractivity contribution in [2.24, 2.45) is 0 Å². The third kappa shape index (κ3) is 16.1. The first-order chi connectivity index (χ1) is 2.41. The van der Waals surface area contributed by atoms with Crippen LogP contribution in [0.25, 0.3) is 0 Å². The van der Waals surface area contributed by atoms with Gasteiger partial charge in [-0.2, -0.15) is 0 Å². The fourth-order valence-electron chi connectivity index (χ4n) is 0. The minimum Gasteiger partial charge on any atom is -0.311 e. The monoisotopic (exact) mass is 237 g/mol. The van der Waals surface area contributed by atoms with Crippen molar-refractivity contribution >= 4 is 0 Å². The molecular weight excluding hydrogens is 232 g/mol. The summed E-state index contributed by atoms with van der Waals surface area (Å²) in [6.07, 6.45) is 2.97. The van der Waals surface area contributed by atoms with Gasteiger partial charge in [-0.15, -0.1) is 0 Å². The molecule has 0 rings (SSSR count). The quantitative estimate of drug-likeness (QED) is 0.427. The zero-order valence-electron chi connectivity index (χ0n) is 3.56. The van der Waals surface area contributed by atoms with Gasteiger partial charge in [0.1, 0.15) is 0 Å². The molecule has 0 N–H and O–H groups in total. The Morgan fingerprint density at radius 2 is 2.80 bits per heavy atom. The van der Waals surface area contributed by atoms with Gasteiger partial charge in [0.05, 0.1) is 1.37 Å². The third-order valence-electron chi connectivity index (χ3n) is 0.0833. The van der Waals surface area contributed by atoms with Crippen LogP contribution in [0.4, 0.5) is 0 Å². The normalized spacial score (nSPS) is 4.40. The van der Waals surface area contributed by atoms with Crippen LogP contribution in [0.3, 0.4) is 0 Å². The SMILES string of the molecule is [3H]C#CC=[CH-].[W]. The van der Waals surface area contributed by atoms with Crippen molar-refractivity contribution in [2.45, 2.75) is 0 Å². The Kier molecular flexibility index (Phi) is 8.99. The molecule has 0 amide bonds. The number of allylic oxidation sites excluding steroid dienone is 1. The molecule has 0 nitrogen and oxygen atoms in total. The molecule has 0 saturated heterocycles. The largest absolute Gasteiger partial charge is 0.311 e. The van der Waals surface area contributed by atoms with Crippen LogP contribution in [-0.4, -0.2) is 0 Å². The summed E-state index contributed by atoms with van der Waals surface area (Å²) in [6.45, 7) is 4.72. The van der Waals surface area contributed by atoms with E-state index in [4.69, 9.17) is 7.95 Å². The van der Waals surface area contributed by atoms with E-state index in [2.05, 4.69) is 5.92 Å². The maximum atomic E-state index is 6.13. The second-order valence-corrected chi connectivity index (χ2v) is 0.311. The van der Waals surface area contributed by atoms with Gasteiger partial charge in [0, 0.05) is 21.1 Å². The van der Waals surface area contributed by atoms with Crippen molar-refractivity contribution in [1.82, 2.24) is 0 Å². The average Bonchev–Trinajstić information content (AvgIpc) is 1.41. The molecular formula is C4H3W-. The predicted octanol–water partition coefficient (Wildman–Crippen LogP) is 0.606. The minimum absolute atomic E-state index is 0. The molecule has 0 spiro atoms. The molecule has 0 aromatic rings. The van der Waals surface area contributed by atoms with E-state index < -0.39 is 0 Å². The van der Waals surface area contributed by atoms with Gasteiger partial charge in [-0.25, -0.2) is 12.5 Å². The summed E-state index contributed by atoms with van der Waals surface area (Å²) in [7, 11) is 0. The third-order valence-corrected chi connectivity index (χ3v) is 0.0833. The number of terminal acetylenes is 1. The molecule has 5 heavy (non-hydrogen) atoms. The van der Waals surface area contributed by atoms with Crippen molar-refractivity contribution < 1.29 is 22.4 Å². The summed E-state index contributed by atoms with van der Waals surface area (Å²) in [5.74, 6) is 2.18. The van der Waals surface area contributed by atoms with E-state index in [0.29, 0.717) is 0 Å². The van der Waals surface area contributed by atoms with Crippen molar-refractivity contribution in [3.63, 3.8) is 0 Å². The molecule has 0 aliphatic rings. The van der Waals surface area contributed by atoms with Crippen LogP contribution in [0.2, 0.25) is 0 Å². The molecule has 0 aromatic carbocycles. The summed E-state index contributed by atoms with van der Waals surface area (Å²) in [4.78, 5) is 0. The van der Waals surface area contributed by atoms with E-state index in [9.17, 15) is 0 Å². The van der Waals surface area contributed by atoms with Crippen LogP contribution in [0.5, 0.6) is 0 Å². The standard InChI is InChI=1S/C4H3.W/c1-3-4-2;/h1-3H;/q-1;/i2T;. The summed E-state index contributed by atoms with van der Waals surface area (Å²) in [6, 6.07) is 0. The predicted molar refractivity (Wildman–Crippen MR) is 17.7 cm³/mol. The maximum absolute atomic E-state index is 6.13. The Morgan fingerprint density at radius 3 is 2.80 bits per heavy atom. The Balaban J connectivity index is 0. The number of hydrogen-bond acceptors (Lipinski definition) is 0.